The van der Waals surface area contributed by atoms with Gasteiger partial charge in [-0.05, 0) is 142 Å². The molecule has 0 aliphatic carbocycles. The van der Waals surface area contributed by atoms with Crippen LogP contribution < -0.4 is 0 Å². The molecule has 0 nitrogen and oxygen atoms in total. The molecule has 10 aromatic rings. The zero-order valence-electron chi connectivity index (χ0n) is 35.3. The van der Waals surface area contributed by atoms with Crippen molar-refractivity contribution in [3.63, 3.8) is 0 Å². The van der Waals surface area contributed by atoms with E-state index < -0.39 is 0 Å². The second-order valence-electron chi connectivity index (χ2n) is 14.6. The van der Waals surface area contributed by atoms with Gasteiger partial charge in [-0.15, -0.1) is 6.58 Å². The summed E-state index contributed by atoms with van der Waals surface area (Å²) in [7, 11) is 0. The Morgan fingerprint density at radius 1 is 0.383 bits per heavy atom. The van der Waals surface area contributed by atoms with Crippen LogP contribution >= 0.6 is 0 Å². The van der Waals surface area contributed by atoms with Crippen LogP contribution in [-0.2, 0) is 0 Å². The second-order valence-corrected chi connectivity index (χ2v) is 14.6. The lowest BCUT2D eigenvalue weighted by atomic mass is 9.81. The van der Waals surface area contributed by atoms with Crippen LogP contribution in [0, 0.1) is 0 Å². The average Bonchev–Trinajstić information content (AvgIpc) is 3.31. The topological polar surface area (TPSA) is 0 Å². The van der Waals surface area contributed by atoms with Crippen LogP contribution in [0.2, 0.25) is 0 Å². The molecule has 0 N–H and O–H groups in total. The van der Waals surface area contributed by atoms with Gasteiger partial charge in [0.2, 0.25) is 0 Å². The lowest BCUT2D eigenvalue weighted by molar-refractivity contribution is 1.50. The Morgan fingerprint density at radius 2 is 0.717 bits per heavy atom. The van der Waals surface area contributed by atoms with Crippen molar-refractivity contribution in [2.24, 2.45) is 0 Å². The molecule has 0 heteroatoms. The van der Waals surface area contributed by atoms with Crippen LogP contribution in [0.3, 0.4) is 0 Å². The highest BCUT2D eigenvalue weighted by molar-refractivity contribution is 6.32. The summed E-state index contributed by atoms with van der Waals surface area (Å²) in [6.45, 7) is 18.4. The fourth-order valence-corrected chi connectivity index (χ4v) is 8.18. The van der Waals surface area contributed by atoms with E-state index >= 15 is 0 Å². The minimum atomic E-state index is 0.961. The predicted octanol–water partition coefficient (Wildman–Crippen LogP) is 18.1. The smallest absolute Gasteiger partial charge is 0.00139 e. The van der Waals surface area contributed by atoms with E-state index in [0.29, 0.717) is 0 Å². The standard InChI is InChI=1S/C48H30.C7H10.C3H6.C2H6/c1-3-13-33(14-4-1)43-29-45(37-21-19-31-11-7-9-17-35(31)27-37)41-26-24-40-44(34-15-5-2-6-16-34)30-46(42-25-23-39(43)47(41)48(40)42)38-22-20-32-12-8-10-18-36(32)28-38;1-4-6-7(3)5-2;1-3-2;1-2/h1-30H;4-6H,2-3H2,1H3;3H,1H2,2H3;1-2H3/b;6-4-;;. The molecule has 0 saturated carbocycles. The van der Waals surface area contributed by atoms with Crippen molar-refractivity contribution in [1.29, 1.82) is 0 Å². The van der Waals surface area contributed by atoms with Gasteiger partial charge in [-0.25, -0.2) is 0 Å². The van der Waals surface area contributed by atoms with Crippen molar-refractivity contribution >= 4 is 53.9 Å². The summed E-state index contributed by atoms with van der Waals surface area (Å²) in [6, 6.07) is 67.2. The molecule has 0 saturated heterocycles. The molecule has 0 spiro atoms. The summed E-state index contributed by atoms with van der Waals surface area (Å²) in [4.78, 5) is 0. The van der Waals surface area contributed by atoms with E-state index in [2.05, 4.69) is 202 Å². The van der Waals surface area contributed by atoms with E-state index in [9.17, 15) is 0 Å². The van der Waals surface area contributed by atoms with Gasteiger partial charge in [0.25, 0.3) is 0 Å². The quantitative estimate of drug-likeness (QED) is 0.0897. The number of hydrogen-bond acceptors (Lipinski definition) is 0. The Labute approximate surface area is 356 Å². The van der Waals surface area contributed by atoms with E-state index in [1.54, 1.807) is 12.2 Å². The fraction of sp³-hybridized carbons (Fsp3) is 0.0667. The third kappa shape index (κ3) is 8.19. The Balaban J connectivity index is 0.000000406. The zero-order chi connectivity index (χ0) is 42.0. The molecule has 10 aromatic carbocycles. The van der Waals surface area contributed by atoms with Crippen LogP contribution in [0.15, 0.2) is 232 Å². The maximum Gasteiger partial charge on any atom is -0.00139 e. The molecular weight excluding hydrogens is 721 g/mol. The van der Waals surface area contributed by atoms with Crippen molar-refractivity contribution in [2.45, 2.75) is 27.7 Å². The predicted molar refractivity (Wildman–Crippen MR) is 268 cm³/mol. The van der Waals surface area contributed by atoms with E-state index in [4.69, 9.17) is 0 Å². The molecule has 10 rings (SSSR count). The highest BCUT2D eigenvalue weighted by Gasteiger charge is 2.21. The van der Waals surface area contributed by atoms with Gasteiger partial charge in [-0.3, -0.25) is 0 Å². The molecule has 0 heterocycles. The van der Waals surface area contributed by atoms with E-state index in [-0.39, 0.29) is 0 Å². The first-order valence-corrected chi connectivity index (χ1v) is 20.9. The van der Waals surface area contributed by atoms with Crippen LogP contribution in [0.5, 0.6) is 0 Å². The third-order valence-corrected chi connectivity index (χ3v) is 10.8. The Bertz CT molecular complexity index is 2910. The van der Waals surface area contributed by atoms with Gasteiger partial charge in [0.15, 0.2) is 0 Å². The first-order valence-electron chi connectivity index (χ1n) is 20.9. The molecule has 0 aromatic heterocycles. The molecule has 0 aliphatic heterocycles. The average molecular weight is 773 g/mol. The van der Waals surface area contributed by atoms with Gasteiger partial charge in [0, 0.05) is 0 Å². The number of fused-ring (bicyclic) bond motifs is 2. The number of benzene rings is 10. The lowest BCUT2D eigenvalue weighted by Gasteiger charge is -2.21. The first-order chi connectivity index (χ1) is 29.5. The van der Waals surface area contributed by atoms with Crippen molar-refractivity contribution in [1.82, 2.24) is 0 Å². The lowest BCUT2D eigenvalue weighted by Crippen LogP contribution is -1.94. The third-order valence-electron chi connectivity index (χ3n) is 10.8. The molecule has 60 heavy (non-hydrogen) atoms. The van der Waals surface area contributed by atoms with E-state index in [1.165, 1.54) is 98.4 Å². The number of allylic oxidation sites excluding steroid dienone is 5. The molecule has 0 bridgehead atoms. The molecule has 0 fully saturated rings. The highest BCUT2D eigenvalue weighted by Crippen LogP contribution is 2.48. The Morgan fingerprint density at radius 3 is 1.05 bits per heavy atom. The molecule has 0 aliphatic rings. The van der Waals surface area contributed by atoms with Gasteiger partial charge >= 0.3 is 0 Å². The normalized spacial score (nSPS) is 10.8. The number of hydrogen-bond donors (Lipinski definition) is 0. The van der Waals surface area contributed by atoms with Crippen LogP contribution in [0.1, 0.15) is 27.7 Å². The summed E-state index contributed by atoms with van der Waals surface area (Å²) in [5, 5.41) is 12.8. The minimum absolute atomic E-state index is 0.961. The van der Waals surface area contributed by atoms with Gasteiger partial charge in [-0.2, -0.15) is 0 Å². The zero-order valence-corrected chi connectivity index (χ0v) is 35.3. The van der Waals surface area contributed by atoms with Gasteiger partial charge in [0.1, 0.15) is 0 Å². The fourth-order valence-electron chi connectivity index (χ4n) is 8.18. The van der Waals surface area contributed by atoms with Crippen molar-refractivity contribution in [2.75, 3.05) is 0 Å². The SMILES string of the molecule is C=CC.C=CC(=C)/C=C\C.CC.c1ccc(-c2cc(-c3ccc4ccccc4c3)c3ccc4c(-c5ccccc5)cc(-c5ccc6ccccc6c5)c5ccc2c3c45)cc1. The van der Waals surface area contributed by atoms with Crippen molar-refractivity contribution in [3.05, 3.63) is 232 Å². The molecule has 292 valence electrons. The van der Waals surface area contributed by atoms with Crippen LogP contribution in [0.25, 0.3) is 98.4 Å². The van der Waals surface area contributed by atoms with Gasteiger partial charge < -0.3 is 0 Å². The highest BCUT2D eigenvalue weighted by atomic mass is 14.2. The van der Waals surface area contributed by atoms with Crippen molar-refractivity contribution < 1.29 is 0 Å². The van der Waals surface area contributed by atoms with Gasteiger partial charge in [-0.1, -0.05) is 209 Å². The van der Waals surface area contributed by atoms with Crippen molar-refractivity contribution in [3.8, 4) is 44.5 Å². The Hall–Kier alpha value is -7.28. The molecule has 0 radical (unpaired) electrons. The maximum absolute atomic E-state index is 3.66. The van der Waals surface area contributed by atoms with Crippen LogP contribution in [-0.4, -0.2) is 0 Å². The molecule has 0 atom stereocenters. The summed E-state index contributed by atoms with van der Waals surface area (Å²) in [5.74, 6) is 0. The molecule has 0 amide bonds. The van der Waals surface area contributed by atoms with Crippen LogP contribution in [0.4, 0.5) is 0 Å². The summed E-state index contributed by atoms with van der Waals surface area (Å²) in [5.41, 5.74) is 11.0. The van der Waals surface area contributed by atoms with E-state index in [1.807, 2.05) is 39.8 Å². The maximum atomic E-state index is 3.66. The monoisotopic (exact) mass is 772 g/mol. The summed E-state index contributed by atoms with van der Waals surface area (Å²) < 4.78 is 0. The molecule has 0 unspecified atom stereocenters. The summed E-state index contributed by atoms with van der Waals surface area (Å²) in [6.07, 6.45) is 7.32. The second kappa shape index (κ2) is 19.0. The summed E-state index contributed by atoms with van der Waals surface area (Å²) >= 11 is 0. The minimum Gasteiger partial charge on any atom is -0.103 e. The number of rotatable bonds is 6. The van der Waals surface area contributed by atoms with E-state index in [0.717, 1.165) is 5.57 Å². The molecular formula is C60H52. The first kappa shape index (κ1) is 40.9. The van der Waals surface area contributed by atoms with Gasteiger partial charge in [0.05, 0.1) is 0 Å². The largest absolute Gasteiger partial charge is 0.103 e. The Kier molecular flexibility index (Phi) is 12.9.